The zero-order valence-corrected chi connectivity index (χ0v) is 11.1. The van der Waals surface area contributed by atoms with Crippen molar-refractivity contribution in [1.29, 1.82) is 0 Å². The predicted molar refractivity (Wildman–Crippen MR) is 76.5 cm³/mol. The van der Waals surface area contributed by atoms with Crippen LogP contribution in [0.3, 0.4) is 0 Å². The molecule has 20 heavy (non-hydrogen) atoms. The van der Waals surface area contributed by atoms with Gasteiger partial charge < -0.3 is 9.88 Å². The third-order valence-corrected chi connectivity index (χ3v) is 3.22. The number of fused-ring (bicyclic) bond motifs is 1. The molecular weight excluding hydrogens is 252 g/mol. The van der Waals surface area contributed by atoms with Gasteiger partial charge >= 0.3 is 0 Å². The number of carbonyl (C=O) groups is 1. The Kier molecular flexibility index (Phi) is 3.16. The molecule has 3 aromatic rings. The van der Waals surface area contributed by atoms with Crippen LogP contribution in [0.4, 0.5) is 0 Å². The number of aromatic nitrogens is 3. The number of hydrogen-bond acceptors (Lipinski definition) is 3. The number of carbonyl (C=O) groups excluding carboxylic acids is 1. The minimum absolute atomic E-state index is 0.0734. The topological polar surface area (TPSA) is 59.8 Å². The Morgan fingerprint density at radius 1 is 1.25 bits per heavy atom. The molecular formula is C15H14N4O. The van der Waals surface area contributed by atoms with E-state index in [1.165, 1.54) is 0 Å². The molecule has 1 amide bonds. The van der Waals surface area contributed by atoms with Gasteiger partial charge in [0.1, 0.15) is 5.52 Å². The molecule has 0 aliphatic carbocycles. The summed E-state index contributed by atoms with van der Waals surface area (Å²) in [5.74, 6) is -0.0734. The molecule has 1 N–H and O–H groups in total. The number of benzene rings is 1. The van der Waals surface area contributed by atoms with Crippen molar-refractivity contribution < 1.29 is 4.79 Å². The fraction of sp³-hybridized carbons (Fsp3) is 0.133. The van der Waals surface area contributed by atoms with Crippen molar-refractivity contribution in [3.05, 3.63) is 60.2 Å². The van der Waals surface area contributed by atoms with E-state index >= 15 is 0 Å². The fourth-order valence-corrected chi connectivity index (χ4v) is 2.14. The Morgan fingerprint density at radius 2 is 2.05 bits per heavy atom. The van der Waals surface area contributed by atoms with E-state index in [2.05, 4.69) is 19.9 Å². The molecule has 1 aromatic carbocycles. The van der Waals surface area contributed by atoms with Gasteiger partial charge in [0.05, 0.1) is 18.0 Å². The lowest BCUT2D eigenvalue weighted by atomic mass is 10.1. The number of rotatable bonds is 3. The molecule has 0 fully saturated rings. The molecule has 0 bridgehead atoms. The highest BCUT2D eigenvalue weighted by atomic mass is 16.1. The van der Waals surface area contributed by atoms with Crippen LogP contribution in [0.2, 0.25) is 0 Å². The van der Waals surface area contributed by atoms with Crippen LogP contribution in [0.5, 0.6) is 0 Å². The van der Waals surface area contributed by atoms with Crippen LogP contribution in [-0.4, -0.2) is 27.5 Å². The van der Waals surface area contributed by atoms with Gasteiger partial charge in [-0.15, -0.1) is 0 Å². The van der Waals surface area contributed by atoms with E-state index in [0.29, 0.717) is 12.1 Å². The van der Waals surface area contributed by atoms with E-state index in [0.717, 1.165) is 16.6 Å². The summed E-state index contributed by atoms with van der Waals surface area (Å²) in [6.45, 7) is 0.717. The van der Waals surface area contributed by atoms with Crippen LogP contribution in [0, 0.1) is 0 Å². The Balaban J connectivity index is 1.86. The Bertz CT molecular complexity index is 746. The van der Waals surface area contributed by atoms with Gasteiger partial charge in [-0.3, -0.25) is 9.78 Å². The van der Waals surface area contributed by atoms with E-state index in [4.69, 9.17) is 0 Å². The van der Waals surface area contributed by atoms with Crippen LogP contribution < -0.4 is 5.32 Å². The summed E-state index contributed by atoms with van der Waals surface area (Å²) in [5.41, 5.74) is 3.72. The van der Waals surface area contributed by atoms with E-state index in [-0.39, 0.29) is 5.91 Å². The molecule has 0 saturated carbocycles. The summed E-state index contributed by atoms with van der Waals surface area (Å²) in [6.07, 6.45) is 5.31. The largest absolute Gasteiger partial charge is 0.355 e. The number of pyridine rings is 1. The van der Waals surface area contributed by atoms with E-state index in [1.807, 2.05) is 30.3 Å². The summed E-state index contributed by atoms with van der Waals surface area (Å²) in [5, 5.41) is 2.61. The summed E-state index contributed by atoms with van der Waals surface area (Å²) >= 11 is 0. The van der Waals surface area contributed by atoms with Crippen molar-refractivity contribution in [3.63, 3.8) is 0 Å². The van der Waals surface area contributed by atoms with E-state index < -0.39 is 0 Å². The summed E-state index contributed by atoms with van der Waals surface area (Å²) in [7, 11) is 1.63. The Morgan fingerprint density at radius 3 is 2.80 bits per heavy atom. The number of nitrogens with zero attached hydrogens (tertiary/aromatic N) is 3. The van der Waals surface area contributed by atoms with Crippen molar-refractivity contribution in [2.24, 2.45) is 0 Å². The molecule has 100 valence electrons. The molecule has 0 radical (unpaired) electrons. The lowest BCUT2D eigenvalue weighted by Crippen LogP contribution is -2.17. The van der Waals surface area contributed by atoms with Crippen molar-refractivity contribution in [1.82, 2.24) is 19.9 Å². The SMILES string of the molecule is CNC(=O)c1ccc(Cn2cnc3cnccc32)cc1. The highest BCUT2D eigenvalue weighted by molar-refractivity contribution is 5.93. The first-order valence-corrected chi connectivity index (χ1v) is 6.34. The van der Waals surface area contributed by atoms with Gasteiger partial charge in [-0.2, -0.15) is 0 Å². The first-order chi connectivity index (χ1) is 9.78. The molecule has 0 aliphatic rings. The summed E-state index contributed by atoms with van der Waals surface area (Å²) in [4.78, 5) is 19.8. The van der Waals surface area contributed by atoms with Gasteiger partial charge in [0.25, 0.3) is 5.91 Å². The number of nitrogens with one attached hydrogen (secondary N) is 1. The molecule has 5 heteroatoms. The third-order valence-electron chi connectivity index (χ3n) is 3.22. The molecule has 0 atom stereocenters. The maximum absolute atomic E-state index is 11.5. The predicted octanol–water partition coefficient (Wildman–Crippen LogP) is 1.84. The molecule has 3 rings (SSSR count). The van der Waals surface area contributed by atoms with Crippen molar-refractivity contribution in [2.75, 3.05) is 7.05 Å². The van der Waals surface area contributed by atoms with Crippen molar-refractivity contribution >= 4 is 16.9 Å². The zero-order chi connectivity index (χ0) is 13.9. The minimum atomic E-state index is -0.0734. The molecule has 0 aliphatic heterocycles. The smallest absolute Gasteiger partial charge is 0.251 e. The van der Waals surface area contributed by atoms with Gasteiger partial charge in [0.15, 0.2) is 0 Å². The molecule has 0 unspecified atom stereocenters. The number of hydrogen-bond donors (Lipinski definition) is 1. The Hall–Kier alpha value is -2.69. The maximum Gasteiger partial charge on any atom is 0.251 e. The Labute approximate surface area is 116 Å². The lowest BCUT2D eigenvalue weighted by Gasteiger charge is -2.05. The minimum Gasteiger partial charge on any atom is -0.355 e. The maximum atomic E-state index is 11.5. The van der Waals surface area contributed by atoms with Gasteiger partial charge in [0, 0.05) is 25.4 Å². The second-order valence-corrected chi connectivity index (χ2v) is 4.51. The second-order valence-electron chi connectivity index (χ2n) is 4.51. The van der Waals surface area contributed by atoms with Crippen LogP contribution in [-0.2, 0) is 6.54 Å². The normalized spacial score (nSPS) is 10.7. The molecule has 5 nitrogen and oxygen atoms in total. The number of amides is 1. The molecule has 2 heterocycles. The zero-order valence-electron chi connectivity index (χ0n) is 11.1. The van der Waals surface area contributed by atoms with Crippen LogP contribution in [0.1, 0.15) is 15.9 Å². The summed E-state index contributed by atoms with van der Waals surface area (Å²) < 4.78 is 2.06. The monoisotopic (exact) mass is 266 g/mol. The number of imidazole rings is 1. The summed E-state index contributed by atoms with van der Waals surface area (Å²) in [6, 6.07) is 9.51. The van der Waals surface area contributed by atoms with Crippen LogP contribution in [0.15, 0.2) is 49.1 Å². The average molecular weight is 266 g/mol. The highest BCUT2D eigenvalue weighted by Crippen LogP contribution is 2.13. The van der Waals surface area contributed by atoms with E-state index in [1.54, 1.807) is 25.8 Å². The first kappa shape index (κ1) is 12.3. The van der Waals surface area contributed by atoms with Crippen LogP contribution in [0.25, 0.3) is 11.0 Å². The van der Waals surface area contributed by atoms with Gasteiger partial charge in [-0.1, -0.05) is 12.1 Å². The first-order valence-electron chi connectivity index (χ1n) is 6.34. The molecule has 0 saturated heterocycles. The van der Waals surface area contributed by atoms with Crippen molar-refractivity contribution in [2.45, 2.75) is 6.54 Å². The average Bonchev–Trinajstić information content (AvgIpc) is 2.91. The van der Waals surface area contributed by atoms with Gasteiger partial charge in [-0.25, -0.2) is 4.98 Å². The van der Waals surface area contributed by atoms with Gasteiger partial charge in [-0.05, 0) is 23.8 Å². The van der Waals surface area contributed by atoms with E-state index in [9.17, 15) is 4.79 Å². The lowest BCUT2D eigenvalue weighted by molar-refractivity contribution is 0.0963. The standard InChI is InChI=1S/C15H14N4O/c1-16-15(20)12-4-2-11(3-5-12)9-19-10-18-13-8-17-7-6-14(13)19/h2-8,10H,9H2,1H3,(H,16,20). The molecule has 0 spiro atoms. The third kappa shape index (κ3) is 2.25. The van der Waals surface area contributed by atoms with Crippen molar-refractivity contribution in [3.8, 4) is 0 Å². The molecule has 2 aromatic heterocycles. The van der Waals surface area contributed by atoms with Crippen LogP contribution >= 0.6 is 0 Å². The highest BCUT2D eigenvalue weighted by Gasteiger charge is 2.05. The van der Waals surface area contributed by atoms with Gasteiger partial charge in [0.2, 0.25) is 0 Å². The fourth-order valence-electron chi connectivity index (χ4n) is 2.14. The second kappa shape index (κ2) is 5.13. The quantitative estimate of drug-likeness (QED) is 0.787.